The average molecular weight is 233 g/mol. The zero-order valence-electron chi connectivity index (χ0n) is 7.65. The van der Waals surface area contributed by atoms with E-state index in [4.69, 9.17) is 0 Å². The van der Waals surface area contributed by atoms with Crippen molar-refractivity contribution in [2.75, 3.05) is 0 Å². The number of hydrogen-bond acceptors (Lipinski definition) is 0. The van der Waals surface area contributed by atoms with Crippen molar-refractivity contribution in [3.05, 3.63) is 10.6 Å². The Morgan fingerprint density at radius 1 is 1.45 bits per heavy atom. The smallest absolute Gasteiger partial charge is 0.0528 e. The quantitative estimate of drug-likeness (QED) is 0.596. The van der Waals surface area contributed by atoms with E-state index in [1.54, 1.807) is 0 Å². The van der Waals surface area contributed by atoms with Gasteiger partial charge in [0.25, 0.3) is 0 Å². The Balaban J connectivity index is 2.71. The summed E-state index contributed by atoms with van der Waals surface area (Å²) in [6.45, 7) is 7.37. The molecule has 0 heterocycles. The maximum Gasteiger partial charge on any atom is 0.0528 e. The minimum Gasteiger partial charge on any atom is -0.0744 e. The van der Waals surface area contributed by atoms with Crippen LogP contribution in [-0.2, 0) is 0 Å². The molecule has 64 valence electrons. The Morgan fingerprint density at radius 3 is 2.45 bits per heavy atom. The van der Waals surface area contributed by atoms with E-state index < -0.39 is 8.07 Å². The molecule has 0 saturated carbocycles. The zero-order chi connectivity index (χ0) is 8.48. The lowest BCUT2D eigenvalue weighted by molar-refractivity contribution is 0.708. The SMILES string of the molecule is C[Si](C)(C)[C@@H]1CCCC=C1Br. The lowest BCUT2D eigenvalue weighted by atomic mass is 10.1. The topological polar surface area (TPSA) is 0 Å². The zero-order valence-corrected chi connectivity index (χ0v) is 10.2. The maximum atomic E-state index is 3.69. The Bertz CT molecular complexity index is 167. The molecule has 0 aromatic carbocycles. The fourth-order valence-corrected chi connectivity index (χ4v) is 6.22. The molecule has 0 radical (unpaired) electrons. The molecule has 0 unspecified atom stereocenters. The number of allylic oxidation sites excluding steroid dienone is 2. The summed E-state index contributed by atoms with van der Waals surface area (Å²) >= 11 is 3.69. The Hall–Kier alpha value is 0.437. The molecule has 0 aromatic rings. The van der Waals surface area contributed by atoms with E-state index in [1.807, 2.05) is 0 Å². The molecule has 0 N–H and O–H groups in total. The van der Waals surface area contributed by atoms with E-state index in [1.165, 1.54) is 23.7 Å². The van der Waals surface area contributed by atoms with Crippen molar-refractivity contribution in [3.8, 4) is 0 Å². The fourth-order valence-electron chi connectivity index (χ4n) is 1.69. The molecule has 0 aliphatic heterocycles. The molecule has 1 aliphatic carbocycles. The van der Waals surface area contributed by atoms with Crippen LogP contribution in [0.5, 0.6) is 0 Å². The van der Waals surface area contributed by atoms with Crippen LogP contribution in [0.4, 0.5) is 0 Å². The Labute approximate surface area is 79.2 Å². The Kier molecular flexibility index (Phi) is 2.98. The molecule has 1 aliphatic rings. The van der Waals surface area contributed by atoms with Gasteiger partial charge >= 0.3 is 0 Å². The molecule has 11 heavy (non-hydrogen) atoms. The first-order valence-corrected chi connectivity index (χ1v) is 8.74. The average Bonchev–Trinajstić information content (AvgIpc) is 1.86. The summed E-state index contributed by atoms with van der Waals surface area (Å²) in [5.74, 6) is 0. The molecule has 0 nitrogen and oxygen atoms in total. The largest absolute Gasteiger partial charge is 0.0744 e. The van der Waals surface area contributed by atoms with E-state index in [0.717, 1.165) is 5.54 Å². The molecule has 1 atom stereocenters. The van der Waals surface area contributed by atoms with Crippen molar-refractivity contribution >= 4 is 24.0 Å². The van der Waals surface area contributed by atoms with Gasteiger partial charge < -0.3 is 0 Å². The van der Waals surface area contributed by atoms with Crippen molar-refractivity contribution in [1.29, 1.82) is 0 Å². The van der Waals surface area contributed by atoms with Gasteiger partial charge in [0.05, 0.1) is 8.07 Å². The maximum absolute atomic E-state index is 3.69. The normalized spacial score (nSPS) is 26.5. The standard InChI is InChI=1S/C9H17BrSi/c1-11(2,3)9-7-5-4-6-8(9)10/h6,9H,4-5,7H2,1-3H3/t9-/m1/s1. The molecule has 0 aromatic heterocycles. The van der Waals surface area contributed by atoms with E-state index in [0.29, 0.717) is 0 Å². The van der Waals surface area contributed by atoms with Crippen LogP contribution in [0.3, 0.4) is 0 Å². The van der Waals surface area contributed by atoms with Gasteiger partial charge in [0.2, 0.25) is 0 Å². The molecule has 1 rings (SSSR count). The van der Waals surface area contributed by atoms with Crippen LogP contribution in [0.2, 0.25) is 25.2 Å². The summed E-state index contributed by atoms with van der Waals surface area (Å²) in [6.07, 6.45) is 6.45. The third-order valence-electron chi connectivity index (χ3n) is 2.41. The fraction of sp³-hybridized carbons (Fsp3) is 0.778. The third-order valence-corrected chi connectivity index (χ3v) is 6.40. The van der Waals surface area contributed by atoms with Crippen molar-refractivity contribution in [3.63, 3.8) is 0 Å². The predicted octanol–water partition coefficient (Wildman–Crippen LogP) is 4.16. The van der Waals surface area contributed by atoms with Crippen molar-refractivity contribution in [2.45, 2.75) is 44.4 Å². The van der Waals surface area contributed by atoms with Crippen LogP contribution in [0, 0.1) is 0 Å². The summed E-state index contributed by atoms with van der Waals surface area (Å²) in [6, 6.07) is 0. The highest BCUT2D eigenvalue weighted by molar-refractivity contribution is 9.11. The van der Waals surface area contributed by atoms with Crippen LogP contribution in [0.15, 0.2) is 10.6 Å². The lowest BCUT2D eigenvalue weighted by Gasteiger charge is -2.31. The first kappa shape index (κ1) is 9.52. The first-order chi connectivity index (χ1) is 5.02. The third kappa shape index (κ3) is 2.44. The van der Waals surface area contributed by atoms with Gasteiger partial charge in [-0.2, -0.15) is 0 Å². The summed E-state index contributed by atoms with van der Waals surface area (Å²) in [5.41, 5.74) is 0.885. The van der Waals surface area contributed by atoms with Crippen molar-refractivity contribution in [1.82, 2.24) is 0 Å². The van der Waals surface area contributed by atoms with Gasteiger partial charge in [-0.15, -0.1) is 0 Å². The second-order valence-corrected chi connectivity index (χ2v) is 10.8. The van der Waals surface area contributed by atoms with Gasteiger partial charge in [0.15, 0.2) is 0 Å². The predicted molar refractivity (Wildman–Crippen MR) is 58.0 cm³/mol. The molecule has 2 heteroatoms. The monoisotopic (exact) mass is 232 g/mol. The van der Waals surface area contributed by atoms with Gasteiger partial charge in [-0.3, -0.25) is 0 Å². The van der Waals surface area contributed by atoms with Gasteiger partial charge in [0, 0.05) is 0 Å². The second-order valence-electron chi connectivity index (χ2n) is 4.44. The van der Waals surface area contributed by atoms with E-state index >= 15 is 0 Å². The molecular formula is C9H17BrSi. The van der Waals surface area contributed by atoms with Gasteiger partial charge in [-0.25, -0.2) is 0 Å². The second kappa shape index (κ2) is 3.44. The molecule has 0 spiro atoms. The minimum absolute atomic E-state index is 0.885. The minimum atomic E-state index is -0.935. The van der Waals surface area contributed by atoms with Crippen molar-refractivity contribution in [2.24, 2.45) is 0 Å². The number of rotatable bonds is 1. The van der Waals surface area contributed by atoms with Crippen LogP contribution in [-0.4, -0.2) is 8.07 Å². The molecular weight excluding hydrogens is 216 g/mol. The van der Waals surface area contributed by atoms with Crippen LogP contribution >= 0.6 is 15.9 Å². The van der Waals surface area contributed by atoms with E-state index in [2.05, 4.69) is 41.6 Å². The van der Waals surface area contributed by atoms with Crippen LogP contribution < -0.4 is 0 Å². The van der Waals surface area contributed by atoms with E-state index in [9.17, 15) is 0 Å². The highest BCUT2D eigenvalue weighted by Crippen LogP contribution is 2.40. The molecule has 0 saturated heterocycles. The highest BCUT2D eigenvalue weighted by Gasteiger charge is 2.29. The summed E-state index contributed by atoms with van der Waals surface area (Å²) in [4.78, 5) is 0. The molecule has 0 amide bonds. The van der Waals surface area contributed by atoms with E-state index in [-0.39, 0.29) is 0 Å². The Morgan fingerprint density at radius 2 is 2.09 bits per heavy atom. The van der Waals surface area contributed by atoms with Gasteiger partial charge in [-0.1, -0.05) is 41.6 Å². The molecule has 0 fully saturated rings. The van der Waals surface area contributed by atoms with Crippen LogP contribution in [0.1, 0.15) is 19.3 Å². The highest BCUT2D eigenvalue weighted by atomic mass is 79.9. The van der Waals surface area contributed by atoms with Crippen LogP contribution in [0.25, 0.3) is 0 Å². The number of hydrogen-bond donors (Lipinski definition) is 0. The van der Waals surface area contributed by atoms with Crippen molar-refractivity contribution < 1.29 is 0 Å². The van der Waals surface area contributed by atoms with Gasteiger partial charge in [-0.05, 0) is 29.3 Å². The van der Waals surface area contributed by atoms with Gasteiger partial charge in [0.1, 0.15) is 0 Å². The summed E-state index contributed by atoms with van der Waals surface area (Å²) in [5, 5.41) is 0. The first-order valence-electron chi connectivity index (χ1n) is 4.37. The summed E-state index contributed by atoms with van der Waals surface area (Å²) in [7, 11) is -0.935. The lowest BCUT2D eigenvalue weighted by Crippen LogP contribution is -2.29. The summed E-state index contributed by atoms with van der Waals surface area (Å²) < 4.78 is 1.49. The number of halogens is 1. The molecule has 0 bridgehead atoms.